The number of hydrogen-bond donors (Lipinski definition) is 1. The van der Waals surface area contributed by atoms with Crippen LogP contribution >= 0.6 is 0 Å². The number of carbonyl (C=O) groups is 1. The lowest BCUT2D eigenvalue weighted by Crippen LogP contribution is -2.17. The molecule has 32 heavy (non-hydrogen) atoms. The maximum Gasteiger partial charge on any atom is 0.417 e. The van der Waals surface area contributed by atoms with Crippen molar-refractivity contribution in [3.63, 3.8) is 0 Å². The average Bonchev–Trinajstić information content (AvgIpc) is 3.21. The van der Waals surface area contributed by atoms with E-state index >= 15 is 0 Å². The van der Waals surface area contributed by atoms with Gasteiger partial charge in [0.15, 0.2) is 11.3 Å². The van der Waals surface area contributed by atoms with Crippen LogP contribution in [0.2, 0.25) is 0 Å². The van der Waals surface area contributed by atoms with Gasteiger partial charge in [0.05, 0.1) is 31.7 Å². The first-order valence-corrected chi connectivity index (χ1v) is 9.10. The molecule has 164 valence electrons. The third-order valence-electron chi connectivity index (χ3n) is 4.42. The Balaban J connectivity index is 1.72. The normalized spacial score (nSPS) is 11.4. The molecule has 9 nitrogen and oxygen atoms in total. The Bertz CT molecular complexity index is 1280. The molecule has 0 aliphatic rings. The van der Waals surface area contributed by atoms with Crippen molar-refractivity contribution < 1.29 is 27.4 Å². The highest BCUT2D eigenvalue weighted by molar-refractivity contribution is 6.03. The minimum atomic E-state index is -4.56. The number of anilines is 1. The fourth-order valence-corrected chi connectivity index (χ4v) is 2.97. The van der Waals surface area contributed by atoms with Gasteiger partial charge in [-0.3, -0.25) is 4.79 Å². The molecule has 0 aliphatic carbocycles. The predicted octanol–water partition coefficient (Wildman–Crippen LogP) is 3.47. The van der Waals surface area contributed by atoms with Crippen molar-refractivity contribution in [3.05, 3.63) is 59.9 Å². The predicted molar refractivity (Wildman–Crippen MR) is 107 cm³/mol. The van der Waals surface area contributed by atoms with Gasteiger partial charge in [0, 0.05) is 11.6 Å². The molecule has 0 atom stereocenters. The van der Waals surface area contributed by atoms with Crippen LogP contribution in [0.1, 0.15) is 16.1 Å². The summed E-state index contributed by atoms with van der Waals surface area (Å²) in [6.45, 7) is 0. The molecule has 0 saturated carbocycles. The van der Waals surface area contributed by atoms with Gasteiger partial charge in [-0.15, -0.1) is 0 Å². The molecule has 1 N–H and O–H groups in total. The highest BCUT2D eigenvalue weighted by atomic mass is 19.4. The number of aromatic nitrogens is 5. The summed E-state index contributed by atoms with van der Waals surface area (Å²) in [5.41, 5.74) is -0.655. The first kappa shape index (κ1) is 21.0. The number of amides is 1. The molecule has 0 bridgehead atoms. The largest absolute Gasteiger partial charge is 0.481 e. The smallest absolute Gasteiger partial charge is 0.417 e. The van der Waals surface area contributed by atoms with E-state index in [1.54, 1.807) is 0 Å². The molecule has 4 aromatic rings. The number of ether oxygens (including phenoxy) is 2. The summed E-state index contributed by atoms with van der Waals surface area (Å²) in [6, 6.07) is 9.30. The number of carbonyl (C=O) groups excluding carboxylic acids is 1. The zero-order chi connectivity index (χ0) is 22.9. The fraction of sp³-hybridized carbons (Fsp3) is 0.150. The van der Waals surface area contributed by atoms with Gasteiger partial charge in [-0.05, 0) is 18.2 Å². The summed E-state index contributed by atoms with van der Waals surface area (Å²) in [5, 5.41) is 6.77. The number of halogens is 3. The number of alkyl halides is 3. The van der Waals surface area contributed by atoms with E-state index < -0.39 is 17.6 Å². The standard InChI is InChI=1S/C20H15F3N6O3/c1-31-17-9-15(26-19(27-17)32-2)25-18(30)14-10-24-16-8-7-13(28-29(14)16)11-5-3-4-6-12(11)20(21,22)23/h3-10H,1-2H3,(H,25,26,27,30). The Kier molecular flexibility index (Phi) is 5.34. The van der Waals surface area contributed by atoms with Crippen molar-refractivity contribution in [3.8, 4) is 23.1 Å². The van der Waals surface area contributed by atoms with Gasteiger partial charge in [-0.1, -0.05) is 18.2 Å². The van der Waals surface area contributed by atoms with E-state index in [9.17, 15) is 18.0 Å². The van der Waals surface area contributed by atoms with Crippen LogP contribution in [0.4, 0.5) is 19.0 Å². The number of methoxy groups -OCH3 is 2. The van der Waals surface area contributed by atoms with Crippen LogP contribution in [-0.2, 0) is 6.18 Å². The number of benzene rings is 1. The minimum Gasteiger partial charge on any atom is -0.481 e. The lowest BCUT2D eigenvalue weighted by atomic mass is 10.0. The quantitative estimate of drug-likeness (QED) is 0.503. The second kappa shape index (κ2) is 8.13. The lowest BCUT2D eigenvalue weighted by molar-refractivity contribution is -0.137. The maximum atomic E-state index is 13.4. The van der Waals surface area contributed by atoms with E-state index in [2.05, 4.69) is 25.4 Å². The minimum absolute atomic E-state index is 0.0112. The molecular weight excluding hydrogens is 429 g/mol. The van der Waals surface area contributed by atoms with Crippen LogP contribution in [0.25, 0.3) is 16.9 Å². The Hall–Kier alpha value is -4.22. The van der Waals surface area contributed by atoms with Crippen molar-refractivity contribution in [1.82, 2.24) is 24.6 Å². The third kappa shape index (κ3) is 4.02. The molecule has 0 fully saturated rings. The molecule has 1 aromatic carbocycles. The van der Waals surface area contributed by atoms with Gasteiger partial charge < -0.3 is 14.8 Å². The molecule has 0 saturated heterocycles. The molecule has 1 amide bonds. The second-order valence-corrected chi connectivity index (χ2v) is 6.41. The van der Waals surface area contributed by atoms with Crippen LogP contribution in [0.5, 0.6) is 11.9 Å². The first-order valence-electron chi connectivity index (χ1n) is 9.10. The summed E-state index contributed by atoms with van der Waals surface area (Å²) in [5.74, 6) is -0.393. The zero-order valence-electron chi connectivity index (χ0n) is 16.7. The van der Waals surface area contributed by atoms with Crippen LogP contribution in [-0.4, -0.2) is 44.7 Å². The summed E-state index contributed by atoms with van der Waals surface area (Å²) < 4.78 is 51.4. The number of hydrogen-bond acceptors (Lipinski definition) is 7. The van der Waals surface area contributed by atoms with Gasteiger partial charge in [-0.25, -0.2) is 9.50 Å². The number of rotatable bonds is 5. The van der Waals surface area contributed by atoms with E-state index in [1.165, 1.54) is 56.8 Å². The maximum absolute atomic E-state index is 13.4. The summed E-state index contributed by atoms with van der Waals surface area (Å²) in [7, 11) is 2.75. The van der Waals surface area contributed by atoms with E-state index in [0.717, 1.165) is 10.6 Å². The molecule has 3 heterocycles. The third-order valence-corrected chi connectivity index (χ3v) is 4.42. The van der Waals surface area contributed by atoms with Crippen LogP contribution in [0.15, 0.2) is 48.7 Å². The van der Waals surface area contributed by atoms with E-state index in [4.69, 9.17) is 9.47 Å². The highest BCUT2D eigenvalue weighted by Gasteiger charge is 2.33. The first-order chi connectivity index (χ1) is 15.3. The average molecular weight is 444 g/mol. The lowest BCUT2D eigenvalue weighted by Gasteiger charge is -2.12. The SMILES string of the molecule is COc1cc(NC(=O)c2cnc3ccc(-c4ccccc4C(F)(F)F)nn23)nc(OC)n1. The Morgan fingerprint density at radius 3 is 2.56 bits per heavy atom. The summed E-state index contributed by atoms with van der Waals surface area (Å²) in [4.78, 5) is 24.9. The van der Waals surface area contributed by atoms with Crippen LogP contribution in [0.3, 0.4) is 0 Å². The highest BCUT2D eigenvalue weighted by Crippen LogP contribution is 2.36. The molecule has 0 radical (unpaired) electrons. The molecule has 0 unspecified atom stereocenters. The number of nitrogens with one attached hydrogen (secondary N) is 1. The van der Waals surface area contributed by atoms with Gasteiger partial charge >= 0.3 is 12.2 Å². The summed E-state index contributed by atoms with van der Waals surface area (Å²) >= 11 is 0. The van der Waals surface area contributed by atoms with Crippen molar-refractivity contribution >= 4 is 17.4 Å². The van der Waals surface area contributed by atoms with Gasteiger partial charge in [0.2, 0.25) is 5.88 Å². The zero-order valence-corrected chi connectivity index (χ0v) is 16.7. The fourth-order valence-electron chi connectivity index (χ4n) is 2.97. The molecule has 0 aliphatic heterocycles. The topological polar surface area (TPSA) is 104 Å². The molecule has 0 spiro atoms. The van der Waals surface area contributed by atoms with E-state index in [0.29, 0.717) is 0 Å². The second-order valence-electron chi connectivity index (χ2n) is 6.41. The molecular formula is C20H15F3N6O3. The Labute approximate surface area is 178 Å². The Morgan fingerprint density at radius 2 is 1.84 bits per heavy atom. The summed E-state index contributed by atoms with van der Waals surface area (Å²) in [6.07, 6.45) is -3.31. The van der Waals surface area contributed by atoms with Crippen molar-refractivity contribution in [2.24, 2.45) is 0 Å². The van der Waals surface area contributed by atoms with Crippen LogP contribution < -0.4 is 14.8 Å². The van der Waals surface area contributed by atoms with Crippen molar-refractivity contribution in [2.45, 2.75) is 6.18 Å². The van der Waals surface area contributed by atoms with Crippen molar-refractivity contribution in [2.75, 3.05) is 19.5 Å². The van der Waals surface area contributed by atoms with E-state index in [-0.39, 0.29) is 40.3 Å². The van der Waals surface area contributed by atoms with E-state index in [1.807, 2.05) is 0 Å². The van der Waals surface area contributed by atoms with Crippen molar-refractivity contribution in [1.29, 1.82) is 0 Å². The van der Waals surface area contributed by atoms with Gasteiger partial charge in [0.1, 0.15) is 5.82 Å². The van der Waals surface area contributed by atoms with Gasteiger partial charge in [0.25, 0.3) is 5.91 Å². The number of imidazole rings is 1. The molecule has 12 heteroatoms. The Morgan fingerprint density at radius 1 is 1.06 bits per heavy atom. The monoisotopic (exact) mass is 444 g/mol. The number of fused-ring (bicyclic) bond motifs is 1. The molecule has 4 rings (SSSR count). The van der Waals surface area contributed by atoms with Crippen LogP contribution in [0, 0.1) is 0 Å². The van der Waals surface area contributed by atoms with Gasteiger partial charge in [-0.2, -0.15) is 28.2 Å². The number of nitrogens with zero attached hydrogens (tertiary/aromatic N) is 5. The molecule has 3 aromatic heterocycles.